The molecule has 0 atom stereocenters. The zero-order valence-corrected chi connectivity index (χ0v) is 18.6. The topological polar surface area (TPSA) is 75.5 Å². The van der Waals surface area contributed by atoms with E-state index in [2.05, 4.69) is 20.3 Å². The summed E-state index contributed by atoms with van der Waals surface area (Å²) >= 11 is 5.70. The average Bonchev–Trinajstić information content (AvgIpc) is 3.25. The number of aryl methyl sites for hydroxylation is 1. The lowest BCUT2D eigenvalue weighted by molar-refractivity contribution is 0.194. The van der Waals surface area contributed by atoms with Crippen LogP contribution in [0.4, 0.5) is 14.9 Å². The predicted octanol–water partition coefficient (Wildman–Crippen LogP) is 3.41. The van der Waals surface area contributed by atoms with E-state index in [0.717, 1.165) is 11.4 Å². The van der Waals surface area contributed by atoms with E-state index in [4.69, 9.17) is 16.3 Å². The molecule has 2 heterocycles. The van der Waals surface area contributed by atoms with Crippen LogP contribution >= 0.6 is 11.6 Å². The summed E-state index contributed by atoms with van der Waals surface area (Å²) in [5.41, 5.74) is 2.49. The SMILES string of the molecule is COc1cc(N2CCN(C(=O)NCc3ccc(Cl)c(F)c3)CC2)ccc1-n1cnc(C)n1. The standard InChI is InChI=1S/C22H24ClFN6O2/c1-15-26-14-30(27-15)20-6-4-17(12-21(20)32-2)28-7-9-29(10-8-28)22(31)25-13-16-3-5-18(23)19(24)11-16/h3-6,11-12,14H,7-10,13H2,1-2H3,(H,25,31). The first kappa shape index (κ1) is 21.9. The number of aromatic nitrogens is 3. The van der Waals surface area contributed by atoms with Crippen LogP contribution in [0.2, 0.25) is 5.02 Å². The first-order chi connectivity index (χ1) is 15.4. The fourth-order valence-electron chi connectivity index (χ4n) is 3.62. The van der Waals surface area contributed by atoms with E-state index in [-0.39, 0.29) is 17.6 Å². The van der Waals surface area contributed by atoms with Gasteiger partial charge in [0.1, 0.15) is 29.4 Å². The van der Waals surface area contributed by atoms with Crippen molar-refractivity contribution < 1.29 is 13.9 Å². The number of rotatable bonds is 5. The number of piperazine rings is 1. The number of carbonyl (C=O) groups excluding carboxylic acids is 1. The maximum atomic E-state index is 13.6. The highest BCUT2D eigenvalue weighted by molar-refractivity contribution is 6.30. The van der Waals surface area contributed by atoms with Crippen molar-refractivity contribution >= 4 is 23.3 Å². The normalized spacial score (nSPS) is 13.9. The van der Waals surface area contributed by atoms with Crippen LogP contribution in [0.3, 0.4) is 0 Å². The second kappa shape index (κ2) is 9.44. The summed E-state index contributed by atoms with van der Waals surface area (Å²) in [7, 11) is 1.63. The molecule has 32 heavy (non-hydrogen) atoms. The number of nitrogens with one attached hydrogen (secondary N) is 1. The van der Waals surface area contributed by atoms with Gasteiger partial charge in [0.05, 0.1) is 12.1 Å². The minimum absolute atomic E-state index is 0.0669. The molecule has 0 saturated carbocycles. The van der Waals surface area contributed by atoms with Crippen molar-refractivity contribution in [2.45, 2.75) is 13.5 Å². The lowest BCUT2D eigenvalue weighted by Crippen LogP contribution is -2.51. The molecule has 1 saturated heterocycles. The van der Waals surface area contributed by atoms with Crippen molar-refractivity contribution in [3.63, 3.8) is 0 Å². The monoisotopic (exact) mass is 458 g/mol. The summed E-state index contributed by atoms with van der Waals surface area (Å²) in [5, 5.41) is 7.25. The molecule has 10 heteroatoms. The Morgan fingerprint density at radius 2 is 1.97 bits per heavy atom. The van der Waals surface area contributed by atoms with Gasteiger partial charge >= 0.3 is 6.03 Å². The molecule has 4 rings (SSSR count). The highest BCUT2D eigenvalue weighted by atomic mass is 35.5. The quantitative estimate of drug-likeness (QED) is 0.634. The van der Waals surface area contributed by atoms with Gasteiger partial charge in [0.25, 0.3) is 0 Å². The molecule has 168 valence electrons. The average molecular weight is 459 g/mol. The van der Waals surface area contributed by atoms with E-state index < -0.39 is 5.82 Å². The molecule has 1 aliphatic heterocycles. The van der Waals surface area contributed by atoms with Gasteiger partial charge in [0.2, 0.25) is 0 Å². The van der Waals surface area contributed by atoms with Crippen LogP contribution in [0.25, 0.3) is 5.69 Å². The number of anilines is 1. The largest absolute Gasteiger partial charge is 0.494 e. The molecule has 1 N–H and O–H groups in total. The van der Waals surface area contributed by atoms with Gasteiger partial charge in [-0.1, -0.05) is 17.7 Å². The van der Waals surface area contributed by atoms with Crippen LogP contribution in [-0.2, 0) is 6.54 Å². The molecule has 0 spiro atoms. The second-order valence-corrected chi connectivity index (χ2v) is 7.88. The number of hydrogen-bond acceptors (Lipinski definition) is 5. The zero-order valence-electron chi connectivity index (χ0n) is 17.9. The van der Waals surface area contributed by atoms with Crippen LogP contribution < -0.4 is 15.0 Å². The summed E-state index contributed by atoms with van der Waals surface area (Å²) in [5.74, 6) is 0.891. The van der Waals surface area contributed by atoms with Crippen LogP contribution in [0.1, 0.15) is 11.4 Å². The van der Waals surface area contributed by atoms with Gasteiger partial charge in [0, 0.05) is 44.5 Å². The molecule has 2 amide bonds. The molecule has 0 aliphatic carbocycles. The van der Waals surface area contributed by atoms with Crippen LogP contribution in [0, 0.1) is 12.7 Å². The molecule has 8 nitrogen and oxygen atoms in total. The fraction of sp³-hybridized carbons (Fsp3) is 0.318. The highest BCUT2D eigenvalue weighted by Gasteiger charge is 2.22. The molecular weight excluding hydrogens is 435 g/mol. The lowest BCUT2D eigenvalue weighted by atomic mass is 10.2. The molecule has 0 radical (unpaired) electrons. The minimum Gasteiger partial charge on any atom is -0.494 e. The van der Waals surface area contributed by atoms with Gasteiger partial charge in [-0.2, -0.15) is 5.10 Å². The molecule has 0 unspecified atom stereocenters. The van der Waals surface area contributed by atoms with Crippen molar-refractivity contribution in [2.24, 2.45) is 0 Å². The number of methoxy groups -OCH3 is 1. The summed E-state index contributed by atoms with van der Waals surface area (Å²) < 4.78 is 20.8. The number of halogens is 2. The number of hydrogen-bond donors (Lipinski definition) is 1. The zero-order chi connectivity index (χ0) is 22.7. The van der Waals surface area contributed by atoms with Gasteiger partial charge in [-0.3, -0.25) is 0 Å². The van der Waals surface area contributed by atoms with Crippen molar-refractivity contribution in [2.75, 3.05) is 38.2 Å². The molecule has 2 aromatic carbocycles. The second-order valence-electron chi connectivity index (χ2n) is 7.47. The Morgan fingerprint density at radius 1 is 1.19 bits per heavy atom. The molecule has 1 fully saturated rings. The lowest BCUT2D eigenvalue weighted by Gasteiger charge is -2.36. The maximum Gasteiger partial charge on any atom is 0.317 e. The van der Waals surface area contributed by atoms with E-state index in [9.17, 15) is 9.18 Å². The van der Waals surface area contributed by atoms with E-state index in [1.165, 1.54) is 12.1 Å². The maximum absolute atomic E-state index is 13.6. The predicted molar refractivity (Wildman–Crippen MR) is 120 cm³/mol. The van der Waals surface area contributed by atoms with Crippen molar-refractivity contribution in [3.8, 4) is 11.4 Å². The Kier molecular flexibility index (Phi) is 6.45. The molecule has 3 aromatic rings. The number of carbonyl (C=O) groups is 1. The Balaban J connectivity index is 1.34. The number of benzene rings is 2. The van der Waals surface area contributed by atoms with Crippen molar-refractivity contribution in [1.29, 1.82) is 0 Å². The van der Waals surface area contributed by atoms with Crippen molar-refractivity contribution in [1.82, 2.24) is 25.0 Å². The first-order valence-electron chi connectivity index (χ1n) is 10.2. The summed E-state index contributed by atoms with van der Waals surface area (Å²) in [6.45, 7) is 4.61. The Hall–Kier alpha value is -3.33. The molecular formula is C22H24ClFN6O2. The summed E-state index contributed by atoms with van der Waals surface area (Å²) in [6.07, 6.45) is 1.66. The molecule has 0 bridgehead atoms. The van der Waals surface area contributed by atoms with Crippen molar-refractivity contribution in [3.05, 3.63) is 65.0 Å². The molecule has 1 aliphatic rings. The van der Waals surface area contributed by atoms with Gasteiger partial charge in [-0.15, -0.1) is 0 Å². The van der Waals surface area contributed by atoms with E-state index >= 15 is 0 Å². The van der Waals surface area contributed by atoms with Crippen LogP contribution in [0.5, 0.6) is 5.75 Å². The summed E-state index contributed by atoms with van der Waals surface area (Å²) in [4.78, 5) is 20.6. The Labute approximate surface area is 190 Å². The van der Waals surface area contributed by atoms with E-state index in [1.807, 2.05) is 25.1 Å². The Morgan fingerprint density at radius 3 is 2.62 bits per heavy atom. The fourth-order valence-corrected chi connectivity index (χ4v) is 3.74. The smallest absolute Gasteiger partial charge is 0.317 e. The van der Waals surface area contributed by atoms with Gasteiger partial charge in [0.15, 0.2) is 0 Å². The number of urea groups is 1. The number of ether oxygens (including phenoxy) is 1. The van der Waals surface area contributed by atoms with Crippen LogP contribution in [-0.4, -0.2) is 59.0 Å². The highest BCUT2D eigenvalue weighted by Crippen LogP contribution is 2.29. The van der Waals surface area contributed by atoms with Crippen LogP contribution in [0.15, 0.2) is 42.7 Å². The third-order valence-corrected chi connectivity index (χ3v) is 5.68. The third-order valence-electron chi connectivity index (χ3n) is 5.38. The summed E-state index contributed by atoms with van der Waals surface area (Å²) in [6, 6.07) is 10.3. The number of nitrogens with zero attached hydrogens (tertiary/aromatic N) is 5. The Bertz CT molecular complexity index is 1110. The van der Waals surface area contributed by atoms with E-state index in [0.29, 0.717) is 43.3 Å². The van der Waals surface area contributed by atoms with Gasteiger partial charge in [-0.05, 0) is 36.8 Å². The third kappa shape index (κ3) is 4.77. The molecule has 1 aromatic heterocycles. The van der Waals surface area contributed by atoms with Gasteiger partial charge < -0.3 is 19.9 Å². The van der Waals surface area contributed by atoms with Gasteiger partial charge in [-0.25, -0.2) is 18.9 Å². The number of amides is 2. The first-order valence-corrected chi connectivity index (χ1v) is 10.6. The van der Waals surface area contributed by atoms with E-state index in [1.54, 1.807) is 29.1 Å². The minimum atomic E-state index is -0.493.